The van der Waals surface area contributed by atoms with Gasteiger partial charge in [-0.25, -0.2) is 19.3 Å². The van der Waals surface area contributed by atoms with E-state index in [2.05, 4.69) is 35.6 Å². The van der Waals surface area contributed by atoms with Crippen LogP contribution in [0.3, 0.4) is 0 Å². The second kappa shape index (κ2) is 11.2. The molecule has 1 aliphatic heterocycles. The molecule has 1 aromatic carbocycles. The van der Waals surface area contributed by atoms with Gasteiger partial charge in [0.05, 0.1) is 35.7 Å². The Labute approximate surface area is 234 Å². The number of carbonyl (C=O) groups excluding carboxylic acids is 1. The highest BCUT2D eigenvalue weighted by Crippen LogP contribution is 2.36. The van der Waals surface area contributed by atoms with Crippen LogP contribution < -0.4 is 10.6 Å². The molecule has 0 radical (unpaired) electrons. The molecule has 4 aromatic heterocycles. The zero-order chi connectivity index (χ0) is 28.2. The van der Waals surface area contributed by atoms with Crippen molar-refractivity contribution in [3.63, 3.8) is 0 Å². The van der Waals surface area contributed by atoms with Gasteiger partial charge in [0.15, 0.2) is 5.82 Å². The van der Waals surface area contributed by atoms with Crippen LogP contribution in [0.25, 0.3) is 22.6 Å². The molecular formula is C29H25FN8O3. The van der Waals surface area contributed by atoms with Crippen LogP contribution in [-0.4, -0.2) is 49.0 Å². The molecule has 0 bridgehead atoms. The van der Waals surface area contributed by atoms with Gasteiger partial charge in [0.25, 0.3) is 0 Å². The number of pyridine rings is 2. The number of aromatic nitrogens is 6. The molecule has 11 nitrogen and oxygen atoms in total. The number of anilines is 3. The zero-order valence-electron chi connectivity index (χ0n) is 21.9. The summed E-state index contributed by atoms with van der Waals surface area (Å²) in [4.78, 5) is 38.0. The van der Waals surface area contributed by atoms with Gasteiger partial charge in [0, 0.05) is 47.9 Å². The molecular weight excluding hydrogens is 527 g/mol. The van der Waals surface area contributed by atoms with Gasteiger partial charge in [-0.2, -0.15) is 0 Å². The van der Waals surface area contributed by atoms with Crippen LogP contribution in [0.15, 0.2) is 85.6 Å². The predicted octanol–water partition coefficient (Wildman–Crippen LogP) is 4.90. The predicted molar refractivity (Wildman–Crippen MR) is 148 cm³/mol. The molecule has 0 aliphatic carbocycles. The molecule has 0 atom stereocenters. The van der Waals surface area contributed by atoms with Crippen molar-refractivity contribution in [2.24, 2.45) is 5.41 Å². The molecule has 12 heteroatoms. The van der Waals surface area contributed by atoms with Crippen LogP contribution in [0.4, 0.5) is 21.7 Å². The van der Waals surface area contributed by atoms with E-state index in [1.54, 1.807) is 80.4 Å². The molecule has 0 spiro atoms. The first-order chi connectivity index (χ1) is 20.0. The first-order valence-corrected chi connectivity index (χ1v) is 12.8. The normalized spacial score (nSPS) is 18.5. The zero-order valence-corrected chi connectivity index (χ0v) is 21.9. The number of halogens is 1. The average molecular weight is 553 g/mol. The smallest absolute Gasteiger partial charge is 0.235 e. The van der Waals surface area contributed by atoms with E-state index in [4.69, 9.17) is 14.5 Å². The summed E-state index contributed by atoms with van der Waals surface area (Å²) in [6.45, 7) is 1.98. The number of amides is 1. The first kappa shape index (κ1) is 26.2. The fraction of sp³-hybridized carbons (Fsp3) is 0.172. The number of imidazole rings is 1. The standard InChI is InChI=1S/C29H25FN8O3/c1-29(27(39)34-20-6-11-31-12-7-20)16-40-26(41-17-29)25-37-23(18-2-4-19(30)5-3-18)24(38-25)22-10-15-33-28(36-22)35-21-8-13-32-14-9-21/h2-15,26H,16-17H2,1H3,(H,37,38)(H,31,34,39)(H,32,33,35,36). The quantitative estimate of drug-likeness (QED) is 0.257. The van der Waals surface area contributed by atoms with Gasteiger partial charge in [-0.3, -0.25) is 14.8 Å². The summed E-state index contributed by atoms with van der Waals surface area (Å²) in [6, 6.07) is 14.8. The third-order valence-electron chi connectivity index (χ3n) is 6.50. The number of nitrogens with one attached hydrogen (secondary N) is 3. The summed E-state index contributed by atoms with van der Waals surface area (Å²) >= 11 is 0. The van der Waals surface area contributed by atoms with Crippen molar-refractivity contribution < 1.29 is 18.7 Å². The highest BCUT2D eigenvalue weighted by atomic mass is 19.1. The maximum Gasteiger partial charge on any atom is 0.235 e. The van der Waals surface area contributed by atoms with E-state index in [1.165, 1.54) is 12.1 Å². The summed E-state index contributed by atoms with van der Waals surface area (Å²) in [5, 5.41) is 6.02. The largest absolute Gasteiger partial charge is 0.345 e. The van der Waals surface area contributed by atoms with Gasteiger partial charge in [-0.1, -0.05) is 0 Å². The average Bonchev–Trinajstić information content (AvgIpc) is 3.45. The maximum atomic E-state index is 13.7. The van der Waals surface area contributed by atoms with Crippen LogP contribution in [0.2, 0.25) is 0 Å². The molecule has 0 saturated carbocycles. The molecule has 5 heterocycles. The minimum atomic E-state index is -0.921. The lowest BCUT2D eigenvalue weighted by molar-refractivity contribution is -0.229. The van der Waals surface area contributed by atoms with Crippen LogP contribution in [0.1, 0.15) is 19.0 Å². The number of carbonyl (C=O) groups is 1. The summed E-state index contributed by atoms with van der Waals surface area (Å²) in [6.07, 6.45) is 7.30. The summed E-state index contributed by atoms with van der Waals surface area (Å²) < 4.78 is 25.7. The third-order valence-corrected chi connectivity index (χ3v) is 6.50. The van der Waals surface area contributed by atoms with Crippen LogP contribution >= 0.6 is 0 Å². The molecule has 206 valence electrons. The third kappa shape index (κ3) is 5.78. The highest BCUT2D eigenvalue weighted by molar-refractivity contribution is 5.95. The monoisotopic (exact) mass is 552 g/mol. The number of ether oxygens (including phenoxy) is 2. The number of hydrogen-bond acceptors (Lipinski definition) is 9. The Balaban J connectivity index is 1.26. The van der Waals surface area contributed by atoms with Crippen LogP contribution in [-0.2, 0) is 14.3 Å². The second-order valence-electron chi connectivity index (χ2n) is 9.68. The molecule has 3 N–H and O–H groups in total. The van der Waals surface area contributed by atoms with Gasteiger partial charge in [0.1, 0.15) is 5.82 Å². The minimum absolute atomic E-state index is 0.101. The number of aromatic amines is 1. The van der Waals surface area contributed by atoms with Gasteiger partial charge < -0.3 is 25.1 Å². The van der Waals surface area contributed by atoms with Gasteiger partial charge in [-0.05, 0) is 61.5 Å². The topological polar surface area (TPSA) is 140 Å². The van der Waals surface area contributed by atoms with Crippen molar-refractivity contribution in [3.05, 3.63) is 97.2 Å². The number of benzene rings is 1. The SMILES string of the molecule is CC1(C(=O)Nc2ccncc2)COC(c2nc(-c3ccc(F)cc3)c(-c3ccnc(Nc4ccncc4)n3)[nH]2)OC1. The van der Waals surface area contributed by atoms with Crippen LogP contribution in [0, 0.1) is 11.2 Å². The lowest BCUT2D eigenvalue weighted by Gasteiger charge is -2.35. The first-order valence-electron chi connectivity index (χ1n) is 12.8. The van der Waals surface area contributed by atoms with Crippen molar-refractivity contribution in [1.29, 1.82) is 0 Å². The summed E-state index contributed by atoms with van der Waals surface area (Å²) in [5.41, 5.74) is 2.81. The van der Waals surface area contributed by atoms with Crippen molar-refractivity contribution in [2.45, 2.75) is 13.2 Å². The van der Waals surface area contributed by atoms with E-state index in [-0.39, 0.29) is 24.9 Å². The Morgan fingerprint density at radius 2 is 1.56 bits per heavy atom. The molecule has 1 fully saturated rings. The number of H-pyrrole nitrogens is 1. The Kier molecular flexibility index (Phi) is 7.15. The highest BCUT2D eigenvalue weighted by Gasteiger charge is 2.41. The van der Waals surface area contributed by atoms with E-state index in [9.17, 15) is 9.18 Å². The minimum Gasteiger partial charge on any atom is -0.345 e. The van der Waals surface area contributed by atoms with E-state index in [0.29, 0.717) is 40.1 Å². The Hall–Kier alpha value is -5.07. The van der Waals surface area contributed by atoms with Gasteiger partial charge in [0.2, 0.25) is 18.1 Å². The van der Waals surface area contributed by atoms with E-state index in [0.717, 1.165) is 5.69 Å². The molecule has 1 amide bonds. The molecule has 5 aromatic rings. The molecule has 1 aliphatic rings. The maximum absolute atomic E-state index is 13.7. The Bertz CT molecular complexity index is 1640. The molecule has 41 heavy (non-hydrogen) atoms. The summed E-state index contributed by atoms with van der Waals surface area (Å²) in [7, 11) is 0. The fourth-order valence-corrected chi connectivity index (χ4v) is 4.24. The second-order valence-corrected chi connectivity index (χ2v) is 9.68. The van der Waals surface area contributed by atoms with Crippen molar-refractivity contribution in [3.8, 4) is 22.6 Å². The van der Waals surface area contributed by atoms with Crippen LogP contribution in [0.5, 0.6) is 0 Å². The molecule has 6 rings (SSSR count). The van der Waals surface area contributed by atoms with Crippen molar-refractivity contribution in [2.75, 3.05) is 23.8 Å². The van der Waals surface area contributed by atoms with E-state index in [1.807, 2.05) is 0 Å². The van der Waals surface area contributed by atoms with E-state index >= 15 is 0 Å². The molecule has 0 unspecified atom stereocenters. The van der Waals surface area contributed by atoms with Gasteiger partial charge in [-0.15, -0.1) is 0 Å². The number of nitrogens with zero attached hydrogens (tertiary/aromatic N) is 5. The lowest BCUT2D eigenvalue weighted by Crippen LogP contribution is -2.45. The fourth-order valence-electron chi connectivity index (χ4n) is 4.24. The Morgan fingerprint density at radius 1 is 0.902 bits per heavy atom. The summed E-state index contributed by atoms with van der Waals surface area (Å²) in [5.74, 6) is 0.166. The Morgan fingerprint density at radius 3 is 2.24 bits per heavy atom. The van der Waals surface area contributed by atoms with E-state index < -0.39 is 11.7 Å². The van der Waals surface area contributed by atoms with Crippen molar-refractivity contribution >= 4 is 23.2 Å². The number of hydrogen-bond donors (Lipinski definition) is 3. The number of rotatable bonds is 7. The molecule has 1 saturated heterocycles. The lowest BCUT2D eigenvalue weighted by atomic mass is 9.91. The van der Waals surface area contributed by atoms with Crippen molar-refractivity contribution in [1.82, 2.24) is 29.9 Å². The van der Waals surface area contributed by atoms with Gasteiger partial charge >= 0.3 is 0 Å².